The van der Waals surface area contributed by atoms with E-state index in [1.807, 2.05) is 30.3 Å². The lowest BCUT2D eigenvalue weighted by molar-refractivity contribution is 0.101. The summed E-state index contributed by atoms with van der Waals surface area (Å²) in [6.45, 7) is 1.45. The molecule has 2 heterocycles. The predicted octanol–water partition coefficient (Wildman–Crippen LogP) is 3.76. The Morgan fingerprint density at radius 3 is 2.67 bits per heavy atom. The Morgan fingerprint density at radius 2 is 1.96 bits per heavy atom. The average Bonchev–Trinajstić information content (AvgIpc) is 3.08. The molecule has 8 heteroatoms. The van der Waals surface area contributed by atoms with Crippen LogP contribution in [0.2, 0.25) is 5.02 Å². The molecule has 4 aromatic rings. The van der Waals surface area contributed by atoms with E-state index in [9.17, 15) is 9.59 Å². The molecule has 0 unspecified atom stereocenters. The molecule has 2 aromatic heterocycles. The van der Waals surface area contributed by atoms with E-state index >= 15 is 0 Å². The highest BCUT2D eigenvalue weighted by molar-refractivity contribution is 6.32. The number of aromatic nitrogens is 4. The first-order valence-electron chi connectivity index (χ1n) is 8.05. The number of fused-ring (bicyclic) bond motifs is 1. The van der Waals surface area contributed by atoms with E-state index in [1.54, 1.807) is 16.8 Å². The maximum atomic E-state index is 12.4. The van der Waals surface area contributed by atoms with Crippen LogP contribution in [-0.4, -0.2) is 25.5 Å². The lowest BCUT2D eigenvalue weighted by Crippen LogP contribution is -2.10. The largest absolute Gasteiger partial charge is 0.424 e. The van der Waals surface area contributed by atoms with Crippen molar-refractivity contribution in [2.45, 2.75) is 6.92 Å². The molecule has 0 amide bonds. The number of rotatable bonds is 4. The number of ketones is 1. The fraction of sp³-hybridized carbons (Fsp3) is 0.0526. The van der Waals surface area contributed by atoms with Crippen LogP contribution in [0.3, 0.4) is 0 Å². The van der Waals surface area contributed by atoms with Crippen LogP contribution in [0.1, 0.15) is 17.3 Å². The van der Waals surface area contributed by atoms with Gasteiger partial charge in [0.25, 0.3) is 5.56 Å². The van der Waals surface area contributed by atoms with Gasteiger partial charge < -0.3 is 4.74 Å². The molecule has 7 nitrogen and oxygen atoms in total. The third-order valence-electron chi connectivity index (χ3n) is 3.96. The first-order chi connectivity index (χ1) is 13.0. The molecular weight excluding hydrogens is 368 g/mol. The molecule has 4 rings (SSSR count). The molecule has 0 aliphatic rings. The Labute approximate surface area is 158 Å². The van der Waals surface area contributed by atoms with Crippen LogP contribution in [0, 0.1) is 0 Å². The number of hydrogen-bond donors (Lipinski definition) is 1. The number of aromatic amines is 1. The second-order valence-corrected chi connectivity index (χ2v) is 6.21. The SMILES string of the molecule is CC(=O)c1ccc(Oc2nc3c(cnn3-c3ccccc3)c(=O)[nH]2)c(Cl)c1. The molecule has 0 saturated heterocycles. The standard InChI is InChI=1S/C19H13ClN4O3/c1-11(25)12-7-8-16(15(20)9-12)27-19-22-17-14(18(26)23-19)10-21-24(17)13-5-3-2-4-6-13/h2-10H,1H3,(H,22,23,26). The van der Waals surface area contributed by atoms with Gasteiger partial charge in [0, 0.05) is 5.56 Å². The summed E-state index contributed by atoms with van der Waals surface area (Å²) in [4.78, 5) is 30.7. The van der Waals surface area contributed by atoms with Gasteiger partial charge in [-0.1, -0.05) is 29.8 Å². The van der Waals surface area contributed by atoms with Gasteiger partial charge in [0.05, 0.1) is 16.9 Å². The number of nitrogens with zero attached hydrogens (tertiary/aromatic N) is 3. The molecule has 0 radical (unpaired) electrons. The van der Waals surface area contributed by atoms with Crippen LogP contribution in [0.5, 0.6) is 11.8 Å². The lowest BCUT2D eigenvalue weighted by Gasteiger charge is -2.08. The van der Waals surface area contributed by atoms with E-state index in [0.29, 0.717) is 16.6 Å². The predicted molar refractivity (Wildman–Crippen MR) is 101 cm³/mol. The Balaban J connectivity index is 1.77. The Kier molecular flexibility index (Phi) is 4.21. The number of H-pyrrole nitrogens is 1. The average molecular weight is 381 g/mol. The maximum Gasteiger partial charge on any atom is 0.304 e. The van der Waals surface area contributed by atoms with Crippen molar-refractivity contribution in [1.29, 1.82) is 0 Å². The molecule has 0 bridgehead atoms. The monoisotopic (exact) mass is 380 g/mol. The molecule has 1 N–H and O–H groups in total. The zero-order valence-corrected chi connectivity index (χ0v) is 14.9. The van der Waals surface area contributed by atoms with Crippen LogP contribution in [0.15, 0.2) is 59.5 Å². The first-order valence-corrected chi connectivity index (χ1v) is 8.42. The molecule has 0 atom stereocenters. The van der Waals surface area contributed by atoms with Gasteiger partial charge in [0.1, 0.15) is 11.1 Å². The summed E-state index contributed by atoms with van der Waals surface area (Å²) >= 11 is 6.17. The quantitative estimate of drug-likeness (QED) is 0.544. The van der Waals surface area contributed by atoms with Crippen molar-refractivity contribution >= 4 is 28.4 Å². The number of carbonyl (C=O) groups is 1. The van der Waals surface area contributed by atoms with Gasteiger partial charge in [-0.15, -0.1) is 0 Å². The highest BCUT2D eigenvalue weighted by atomic mass is 35.5. The number of benzene rings is 2. The topological polar surface area (TPSA) is 89.9 Å². The number of Topliss-reactive ketones (excluding diaryl/α,β-unsaturated/α-hetero) is 1. The number of nitrogens with one attached hydrogen (secondary N) is 1. The molecule has 27 heavy (non-hydrogen) atoms. The third-order valence-corrected chi connectivity index (χ3v) is 4.26. The Bertz CT molecular complexity index is 1210. The number of ether oxygens (including phenoxy) is 1. The minimum Gasteiger partial charge on any atom is -0.424 e. The third kappa shape index (κ3) is 3.20. The van der Waals surface area contributed by atoms with Gasteiger partial charge in [0.2, 0.25) is 0 Å². The fourth-order valence-electron chi connectivity index (χ4n) is 2.61. The molecular formula is C19H13ClN4O3. The zero-order valence-electron chi connectivity index (χ0n) is 14.1. The van der Waals surface area contributed by atoms with Crippen LogP contribution < -0.4 is 10.3 Å². The van der Waals surface area contributed by atoms with Crippen molar-refractivity contribution in [1.82, 2.24) is 19.7 Å². The number of para-hydroxylation sites is 1. The van der Waals surface area contributed by atoms with Crippen molar-refractivity contribution < 1.29 is 9.53 Å². The van der Waals surface area contributed by atoms with E-state index in [2.05, 4.69) is 15.1 Å². The number of carbonyl (C=O) groups excluding carboxylic acids is 1. The molecule has 0 saturated carbocycles. The summed E-state index contributed by atoms with van der Waals surface area (Å²) < 4.78 is 7.20. The van der Waals surface area contributed by atoms with Crippen LogP contribution in [0.25, 0.3) is 16.7 Å². The van der Waals surface area contributed by atoms with Gasteiger partial charge in [-0.2, -0.15) is 10.1 Å². The Morgan fingerprint density at radius 1 is 1.19 bits per heavy atom. The molecule has 2 aromatic carbocycles. The zero-order chi connectivity index (χ0) is 19.0. The molecule has 0 fully saturated rings. The number of halogens is 1. The highest BCUT2D eigenvalue weighted by Crippen LogP contribution is 2.29. The van der Waals surface area contributed by atoms with Crippen LogP contribution in [0.4, 0.5) is 0 Å². The minimum absolute atomic E-state index is 0.0253. The smallest absolute Gasteiger partial charge is 0.304 e. The summed E-state index contributed by atoms with van der Waals surface area (Å²) in [5, 5.41) is 4.81. The maximum absolute atomic E-state index is 12.4. The Hall–Kier alpha value is -3.45. The normalized spacial score (nSPS) is 10.9. The van der Waals surface area contributed by atoms with Crippen molar-refractivity contribution in [3.05, 3.63) is 75.7 Å². The van der Waals surface area contributed by atoms with Gasteiger partial charge in [-0.25, -0.2) is 4.68 Å². The molecule has 0 aliphatic heterocycles. The fourth-order valence-corrected chi connectivity index (χ4v) is 2.83. The summed E-state index contributed by atoms with van der Waals surface area (Å²) in [6, 6.07) is 13.9. The summed E-state index contributed by atoms with van der Waals surface area (Å²) in [7, 11) is 0. The minimum atomic E-state index is -0.381. The molecule has 0 spiro atoms. The van der Waals surface area contributed by atoms with Crippen molar-refractivity contribution in [3.8, 4) is 17.4 Å². The first kappa shape index (κ1) is 17.0. The second-order valence-electron chi connectivity index (χ2n) is 5.80. The van der Waals surface area contributed by atoms with E-state index < -0.39 is 0 Å². The summed E-state index contributed by atoms with van der Waals surface area (Å²) in [5.41, 5.74) is 1.21. The van der Waals surface area contributed by atoms with E-state index in [1.165, 1.54) is 19.2 Å². The van der Waals surface area contributed by atoms with E-state index in [0.717, 1.165) is 5.69 Å². The second kappa shape index (κ2) is 6.69. The van der Waals surface area contributed by atoms with Crippen LogP contribution >= 0.6 is 11.6 Å². The summed E-state index contributed by atoms with van der Waals surface area (Å²) in [6.07, 6.45) is 1.45. The van der Waals surface area contributed by atoms with E-state index in [-0.39, 0.29) is 28.1 Å². The molecule has 134 valence electrons. The number of hydrogen-bond acceptors (Lipinski definition) is 5. The van der Waals surface area contributed by atoms with Crippen LogP contribution in [-0.2, 0) is 0 Å². The molecule has 0 aliphatic carbocycles. The lowest BCUT2D eigenvalue weighted by atomic mass is 10.1. The summed E-state index contributed by atoms with van der Waals surface area (Å²) in [5.74, 6) is 0.165. The van der Waals surface area contributed by atoms with Crippen molar-refractivity contribution in [2.24, 2.45) is 0 Å². The van der Waals surface area contributed by atoms with Gasteiger partial charge in [-0.05, 0) is 37.3 Å². The highest BCUT2D eigenvalue weighted by Gasteiger charge is 2.14. The van der Waals surface area contributed by atoms with Gasteiger partial charge in [-0.3, -0.25) is 14.6 Å². The van der Waals surface area contributed by atoms with Crippen molar-refractivity contribution in [3.63, 3.8) is 0 Å². The van der Waals surface area contributed by atoms with Gasteiger partial charge in [0.15, 0.2) is 11.4 Å². The van der Waals surface area contributed by atoms with Crippen molar-refractivity contribution in [2.75, 3.05) is 0 Å². The van der Waals surface area contributed by atoms with E-state index in [4.69, 9.17) is 16.3 Å². The van der Waals surface area contributed by atoms with Gasteiger partial charge >= 0.3 is 6.01 Å².